The number of methoxy groups -OCH3 is 2. The van der Waals surface area contributed by atoms with E-state index >= 15 is 0 Å². The number of oxime groups is 1. The van der Waals surface area contributed by atoms with Crippen molar-refractivity contribution in [3.05, 3.63) is 90.1 Å². The maximum Gasteiger partial charge on any atom is 0.257 e. The fourth-order valence-corrected chi connectivity index (χ4v) is 3.51. The van der Waals surface area contributed by atoms with E-state index in [9.17, 15) is 0 Å². The fourth-order valence-electron chi connectivity index (χ4n) is 3.51. The minimum atomic E-state index is -0.0599. The normalized spacial score (nSPS) is 11.3. The van der Waals surface area contributed by atoms with Crippen molar-refractivity contribution < 1.29 is 23.5 Å². The maximum atomic E-state index is 5.91. The predicted octanol–water partition coefficient (Wildman–Crippen LogP) is 4.04. The second-order valence-corrected chi connectivity index (χ2v) is 7.85. The molecule has 12 nitrogen and oxygen atoms in total. The van der Waals surface area contributed by atoms with Crippen LogP contribution in [0.2, 0.25) is 0 Å². The summed E-state index contributed by atoms with van der Waals surface area (Å²) in [4.78, 5) is 5.55. The summed E-state index contributed by atoms with van der Waals surface area (Å²) in [5.74, 6) is 3.43. The molecule has 0 aliphatic rings. The number of rotatable bonds is 10. The van der Waals surface area contributed by atoms with E-state index in [2.05, 4.69) is 30.9 Å². The molecule has 0 unspecified atom stereocenters. The van der Waals surface area contributed by atoms with Crippen molar-refractivity contribution in [1.29, 1.82) is 0 Å². The van der Waals surface area contributed by atoms with Crippen molar-refractivity contribution in [1.82, 2.24) is 30.4 Å². The van der Waals surface area contributed by atoms with E-state index in [1.807, 2.05) is 54.6 Å². The number of aromatic nitrogens is 6. The second kappa shape index (κ2) is 11.2. The smallest absolute Gasteiger partial charge is 0.257 e. The summed E-state index contributed by atoms with van der Waals surface area (Å²) in [6, 6.07) is 22.0. The molecule has 3 aromatic carbocycles. The Balaban J connectivity index is 1.30. The van der Waals surface area contributed by atoms with Gasteiger partial charge in [-0.05, 0) is 46.8 Å². The van der Waals surface area contributed by atoms with Gasteiger partial charge in [-0.3, -0.25) is 0 Å². The molecule has 0 radical (unpaired) electrons. The van der Waals surface area contributed by atoms with Crippen LogP contribution in [0.1, 0.15) is 17.3 Å². The molecule has 192 valence electrons. The van der Waals surface area contributed by atoms with Gasteiger partial charge in [-0.25, -0.2) is 4.68 Å². The largest absolute Gasteiger partial charge is 0.497 e. The minimum Gasteiger partial charge on any atom is -0.497 e. The summed E-state index contributed by atoms with van der Waals surface area (Å²) in [6.45, 7) is -0.0599. The van der Waals surface area contributed by atoms with E-state index in [4.69, 9.17) is 23.5 Å². The topological polar surface area (TPSA) is 132 Å². The molecule has 0 spiro atoms. The summed E-state index contributed by atoms with van der Waals surface area (Å²) in [6.07, 6.45) is 0. The molecule has 0 amide bonds. The molecule has 12 heteroatoms. The summed E-state index contributed by atoms with van der Waals surface area (Å²) in [7, 11) is 4.89. The zero-order valence-corrected chi connectivity index (χ0v) is 20.8. The highest BCUT2D eigenvalue weighted by Crippen LogP contribution is 2.34. The molecule has 0 saturated carbocycles. The molecule has 5 rings (SSSR count). The lowest BCUT2D eigenvalue weighted by Crippen LogP contribution is -2.12. The van der Waals surface area contributed by atoms with Crippen molar-refractivity contribution in [3.8, 4) is 34.5 Å². The molecule has 0 aliphatic heterocycles. The van der Waals surface area contributed by atoms with E-state index in [0.717, 1.165) is 11.3 Å². The van der Waals surface area contributed by atoms with Crippen LogP contribution >= 0.6 is 0 Å². The van der Waals surface area contributed by atoms with Crippen molar-refractivity contribution in [2.24, 2.45) is 12.2 Å². The Bertz CT molecular complexity index is 1530. The molecular weight excluding hydrogens is 490 g/mol. The highest BCUT2D eigenvalue weighted by Gasteiger charge is 2.17. The molecule has 0 saturated heterocycles. The van der Waals surface area contributed by atoms with Gasteiger partial charge in [-0.1, -0.05) is 35.5 Å². The third-order valence-electron chi connectivity index (χ3n) is 5.39. The lowest BCUT2D eigenvalue weighted by atomic mass is 10.1. The molecule has 0 fully saturated rings. The van der Waals surface area contributed by atoms with Gasteiger partial charge in [0.15, 0.2) is 12.3 Å². The maximum absolute atomic E-state index is 5.91. The molecule has 38 heavy (non-hydrogen) atoms. The SMILES string of the molecule is COc1ccc(Oc2ccc(-c3nnc(CO/N=C(/c4ccccc4)c4nnnn4C)o3)c(OC)c2)cc1. The van der Waals surface area contributed by atoms with Crippen molar-refractivity contribution in [2.75, 3.05) is 14.2 Å². The number of ether oxygens (including phenoxy) is 3. The van der Waals surface area contributed by atoms with Crippen LogP contribution < -0.4 is 14.2 Å². The standard InChI is InChI=1S/C26H23N7O5/c1-33-25(28-31-32-33)24(17-7-5-4-6-8-17)30-36-16-23-27-29-26(38-23)21-14-13-20(15-22(21)35-3)37-19-11-9-18(34-2)10-12-19/h4-15H,16H2,1-3H3/b30-24-. The summed E-state index contributed by atoms with van der Waals surface area (Å²) in [5.41, 5.74) is 1.86. The third kappa shape index (κ3) is 5.43. The van der Waals surface area contributed by atoms with E-state index in [-0.39, 0.29) is 18.4 Å². The molecule has 2 aromatic heterocycles. The number of benzene rings is 3. The lowest BCUT2D eigenvalue weighted by Gasteiger charge is -2.10. The number of hydrogen-bond acceptors (Lipinski definition) is 11. The molecule has 0 aliphatic carbocycles. The summed E-state index contributed by atoms with van der Waals surface area (Å²) >= 11 is 0. The molecule has 5 aromatic rings. The second-order valence-electron chi connectivity index (χ2n) is 7.85. The van der Waals surface area contributed by atoms with Gasteiger partial charge in [0, 0.05) is 18.7 Å². The predicted molar refractivity (Wildman–Crippen MR) is 135 cm³/mol. The zero-order chi connectivity index (χ0) is 26.3. The molecule has 0 bridgehead atoms. The zero-order valence-electron chi connectivity index (χ0n) is 20.8. The van der Waals surface area contributed by atoms with Gasteiger partial charge < -0.3 is 23.5 Å². The lowest BCUT2D eigenvalue weighted by molar-refractivity contribution is 0.111. The van der Waals surface area contributed by atoms with Crippen LogP contribution in [-0.4, -0.2) is 50.3 Å². The Morgan fingerprint density at radius 3 is 2.34 bits per heavy atom. The Hall–Kier alpha value is -5.26. The summed E-state index contributed by atoms with van der Waals surface area (Å²) in [5, 5.41) is 24.0. The average Bonchev–Trinajstić information content (AvgIpc) is 3.61. The van der Waals surface area contributed by atoms with Gasteiger partial charge in [0.2, 0.25) is 5.82 Å². The first-order valence-corrected chi connectivity index (χ1v) is 11.5. The first kappa shape index (κ1) is 24.4. The van der Waals surface area contributed by atoms with Crippen LogP contribution in [0.25, 0.3) is 11.5 Å². The Morgan fingerprint density at radius 2 is 1.63 bits per heavy atom. The molecule has 2 heterocycles. The van der Waals surface area contributed by atoms with Gasteiger partial charge >= 0.3 is 0 Å². The average molecular weight is 514 g/mol. The molecule has 0 atom stereocenters. The minimum absolute atomic E-state index is 0.0599. The van der Waals surface area contributed by atoms with E-state index in [1.165, 1.54) is 4.68 Å². The van der Waals surface area contributed by atoms with Crippen LogP contribution in [0, 0.1) is 0 Å². The fraction of sp³-hybridized carbons (Fsp3) is 0.154. The van der Waals surface area contributed by atoms with Crippen LogP contribution in [0.4, 0.5) is 0 Å². The highest BCUT2D eigenvalue weighted by molar-refractivity contribution is 6.10. The highest BCUT2D eigenvalue weighted by atomic mass is 16.6. The third-order valence-corrected chi connectivity index (χ3v) is 5.39. The molecular formula is C26H23N7O5. The Kier molecular flexibility index (Phi) is 7.20. The first-order chi connectivity index (χ1) is 18.6. The quantitative estimate of drug-likeness (QED) is 0.199. The van der Waals surface area contributed by atoms with Crippen molar-refractivity contribution in [3.63, 3.8) is 0 Å². The summed E-state index contributed by atoms with van der Waals surface area (Å²) < 4.78 is 23.9. The first-order valence-electron chi connectivity index (χ1n) is 11.5. The monoisotopic (exact) mass is 513 g/mol. The van der Waals surface area contributed by atoms with Gasteiger partial charge in [-0.2, -0.15) is 0 Å². The number of tetrazole rings is 1. The Labute approximate surface area is 217 Å². The van der Waals surface area contributed by atoms with Crippen LogP contribution in [-0.2, 0) is 18.5 Å². The number of nitrogens with zero attached hydrogens (tertiary/aromatic N) is 7. The Morgan fingerprint density at radius 1 is 0.868 bits per heavy atom. The van der Waals surface area contributed by atoms with E-state index in [0.29, 0.717) is 34.3 Å². The van der Waals surface area contributed by atoms with Gasteiger partial charge in [0.05, 0.1) is 19.8 Å². The van der Waals surface area contributed by atoms with Crippen molar-refractivity contribution in [2.45, 2.75) is 6.61 Å². The number of hydrogen-bond donors (Lipinski definition) is 0. The van der Waals surface area contributed by atoms with Crippen LogP contribution in [0.15, 0.2) is 82.4 Å². The van der Waals surface area contributed by atoms with Crippen LogP contribution in [0.5, 0.6) is 23.0 Å². The van der Waals surface area contributed by atoms with Gasteiger partial charge in [0.1, 0.15) is 23.0 Å². The molecule has 0 N–H and O–H groups in total. The van der Waals surface area contributed by atoms with E-state index < -0.39 is 0 Å². The number of aryl methyl sites for hydroxylation is 1. The van der Waals surface area contributed by atoms with Gasteiger partial charge in [-0.15, -0.1) is 15.3 Å². The van der Waals surface area contributed by atoms with Gasteiger partial charge in [0.25, 0.3) is 11.8 Å². The van der Waals surface area contributed by atoms with E-state index in [1.54, 1.807) is 39.5 Å². The van der Waals surface area contributed by atoms with Crippen molar-refractivity contribution >= 4 is 5.71 Å². The van der Waals surface area contributed by atoms with Crippen LogP contribution in [0.3, 0.4) is 0 Å².